The zero-order valence-corrected chi connectivity index (χ0v) is 11.0. The number of benzene rings is 1. The van der Waals surface area contributed by atoms with Gasteiger partial charge in [-0.05, 0) is 32.4 Å². The molecule has 1 nitrogen and oxygen atoms in total. The molecule has 0 fully saturated rings. The average molecular weight is 215 g/mol. The molecule has 1 aliphatic rings. The lowest BCUT2D eigenvalue weighted by Gasteiger charge is -2.25. The van der Waals surface area contributed by atoms with Gasteiger partial charge in [0.25, 0.3) is 0 Å². The lowest BCUT2D eigenvalue weighted by atomic mass is 9.83. The summed E-state index contributed by atoms with van der Waals surface area (Å²) in [5.41, 5.74) is 5.76. The Morgan fingerprint density at radius 1 is 1.31 bits per heavy atom. The smallest absolute Gasteiger partial charge is 0.0450 e. The van der Waals surface area contributed by atoms with Crippen LogP contribution in [0.5, 0.6) is 0 Å². The Kier molecular flexibility index (Phi) is 2.57. The van der Waals surface area contributed by atoms with Crippen molar-refractivity contribution in [2.24, 2.45) is 0 Å². The molecule has 16 heavy (non-hydrogen) atoms. The van der Waals surface area contributed by atoms with Crippen molar-refractivity contribution in [2.75, 3.05) is 11.4 Å². The second-order valence-electron chi connectivity index (χ2n) is 5.06. The molecule has 0 saturated carbocycles. The number of allylic oxidation sites excluding steroid dienone is 2. The van der Waals surface area contributed by atoms with E-state index in [9.17, 15) is 0 Å². The zero-order valence-electron chi connectivity index (χ0n) is 11.0. The van der Waals surface area contributed by atoms with Crippen LogP contribution in [-0.4, -0.2) is 6.54 Å². The summed E-state index contributed by atoms with van der Waals surface area (Å²) in [6, 6.07) is 6.79. The summed E-state index contributed by atoms with van der Waals surface area (Å²) < 4.78 is 0. The van der Waals surface area contributed by atoms with Gasteiger partial charge in [0.05, 0.1) is 0 Å². The van der Waals surface area contributed by atoms with E-state index in [2.05, 4.69) is 63.8 Å². The highest BCUT2D eigenvalue weighted by Gasteiger charge is 2.38. The molecule has 1 heterocycles. The van der Waals surface area contributed by atoms with Gasteiger partial charge in [-0.15, -0.1) is 0 Å². The first-order valence-electron chi connectivity index (χ1n) is 6.07. The number of hydrogen-bond acceptors (Lipinski definition) is 1. The highest BCUT2D eigenvalue weighted by atomic mass is 15.2. The molecule has 0 radical (unpaired) electrons. The van der Waals surface area contributed by atoms with Gasteiger partial charge in [0, 0.05) is 23.3 Å². The molecule has 0 saturated heterocycles. The van der Waals surface area contributed by atoms with Crippen LogP contribution in [0.2, 0.25) is 0 Å². The first-order valence-corrected chi connectivity index (χ1v) is 6.07. The molecule has 0 unspecified atom stereocenters. The maximum atomic E-state index is 2.43. The molecule has 0 amide bonds. The van der Waals surface area contributed by atoms with E-state index in [1.807, 2.05) is 0 Å². The van der Waals surface area contributed by atoms with Crippen LogP contribution in [-0.2, 0) is 5.41 Å². The van der Waals surface area contributed by atoms with Crippen molar-refractivity contribution in [1.82, 2.24) is 0 Å². The van der Waals surface area contributed by atoms with Crippen LogP contribution >= 0.6 is 0 Å². The standard InChI is InChI=1S/C15H21N/c1-6-14-15(4,5)12-10-11(3)8-9-13(12)16(14)7-2/h6,8-10H,7H2,1-5H3/b14-6+. The summed E-state index contributed by atoms with van der Waals surface area (Å²) in [6.07, 6.45) is 2.25. The quantitative estimate of drug-likeness (QED) is 0.684. The number of aryl methyl sites for hydroxylation is 1. The van der Waals surface area contributed by atoms with Crippen molar-refractivity contribution < 1.29 is 0 Å². The summed E-state index contributed by atoms with van der Waals surface area (Å²) in [4.78, 5) is 2.43. The lowest BCUT2D eigenvalue weighted by molar-refractivity contribution is 0.632. The molecular formula is C15H21N. The number of nitrogens with zero attached hydrogens (tertiary/aromatic N) is 1. The number of likely N-dealkylation sites (N-methyl/N-ethyl adjacent to an activating group) is 1. The molecule has 1 aromatic carbocycles. The van der Waals surface area contributed by atoms with Crippen molar-refractivity contribution in [3.05, 3.63) is 41.1 Å². The van der Waals surface area contributed by atoms with E-state index >= 15 is 0 Å². The molecule has 1 heteroatoms. The van der Waals surface area contributed by atoms with E-state index in [0.29, 0.717) is 0 Å². The molecule has 1 aromatic rings. The normalized spacial score (nSPS) is 20.3. The van der Waals surface area contributed by atoms with Crippen LogP contribution in [0.25, 0.3) is 0 Å². The number of rotatable bonds is 1. The van der Waals surface area contributed by atoms with E-state index in [4.69, 9.17) is 0 Å². The van der Waals surface area contributed by atoms with Gasteiger partial charge in [0.15, 0.2) is 0 Å². The largest absolute Gasteiger partial charge is 0.345 e. The predicted molar refractivity (Wildman–Crippen MR) is 71.0 cm³/mol. The Morgan fingerprint density at radius 2 is 2.00 bits per heavy atom. The highest BCUT2D eigenvalue weighted by Crippen LogP contribution is 2.47. The maximum absolute atomic E-state index is 2.43. The summed E-state index contributed by atoms with van der Waals surface area (Å²) in [6.45, 7) is 12.2. The van der Waals surface area contributed by atoms with Gasteiger partial charge in [0.1, 0.15) is 0 Å². The predicted octanol–water partition coefficient (Wildman–Crippen LogP) is 4.02. The van der Waals surface area contributed by atoms with Crippen molar-refractivity contribution in [3.63, 3.8) is 0 Å². The van der Waals surface area contributed by atoms with Crippen LogP contribution in [0, 0.1) is 6.92 Å². The molecule has 86 valence electrons. The third-order valence-electron chi connectivity index (χ3n) is 3.64. The van der Waals surface area contributed by atoms with Gasteiger partial charge in [-0.25, -0.2) is 0 Å². The molecule has 1 aliphatic heterocycles. The van der Waals surface area contributed by atoms with Gasteiger partial charge < -0.3 is 4.90 Å². The first kappa shape index (κ1) is 11.3. The van der Waals surface area contributed by atoms with Gasteiger partial charge in [0.2, 0.25) is 0 Å². The Hall–Kier alpha value is -1.24. The van der Waals surface area contributed by atoms with Crippen molar-refractivity contribution in [2.45, 2.75) is 40.0 Å². The third kappa shape index (κ3) is 1.38. The average Bonchev–Trinajstić information content (AvgIpc) is 2.46. The van der Waals surface area contributed by atoms with Crippen LogP contribution in [0.4, 0.5) is 5.69 Å². The van der Waals surface area contributed by atoms with E-state index in [1.54, 1.807) is 0 Å². The molecule has 0 aliphatic carbocycles. The highest BCUT2D eigenvalue weighted by molar-refractivity contribution is 5.70. The van der Waals surface area contributed by atoms with Crippen LogP contribution in [0.15, 0.2) is 30.0 Å². The van der Waals surface area contributed by atoms with E-state index in [0.717, 1.165) is 6.54 Å². The minimum absolute atomic E-state index is 0.145. The van der Waals surface area contributed by atoms with E-state index in [-0.39, 0.29) is 5.41 Å². The van der Waals surface area contributed by atoms with Gasteiger partial charge in [-0.2, -0.15) is 0 Å². The molecule has 0 N–H and O–H groups in total. The van der Waals surface area contributed by atoms with Crippen molar-refractivity contribution in [3.8, 4) is 0 Å². The van der Waals surface area contributed by atoms with Crippen LogP contribution < -0.4 is 4.90 Å². The summed E-state index contributed by atoms with van der Waals surface area (Å²) in [5.74, 6) is 0. The van der Waals surface area contributed by atoms with Crippen molar-refractivity contribution in [1.29, 1.82) is 0 Å². The maximum Gasteiger partial charge on any atom is 0.0450 e. The molecule has 0 atom stereocenters. The number of fused-ring (bicyclic) bond motifs is 1. The summed E-state index contributed by atoms with van der Waals surface area (Å²) in [5, 5.41) is 0. The second-order valence-corrected chi connectivity index (χ2v) is 5.06. The Bertz CT molecular complexity index is 441. The van der Waals surface area contributed by atoms with E-state index < -0.39 is 0 Å². The number of hydrogen-bond donors (Lipinski definition) is 0. The minimum Gasteiger partial charge on any atom is -0.345 e. The fraction of sp³-hybridized carbons (Fsp3) is 0.467. The molecule has 0 bridgehead atoms. The molecule has 2 rings (SSSR count). The Labute approximate surface area is 98.8 Å². The fourth-order valence-corrected chi connectivity index (χ4v) is 2.85. The van der Waals surface area contributed by atoms with Crippen LogP contribution in [0.3, 0.4) is 0 Å². The zero-order chi connectivity index (χ0) is 11.9. The fourth-order valence-electron chi connectivity index (χ4n) is 2.85. The third-order valence-corrected chi connectivity index (χ3v) is 3.64. The molecule has 0 spiro atoms. The SMILES string of the molecule is C/C=C1/N(CC)c2ccc(C)cc2C1(C)C. The minimum atomic E-state index is 0.145. The van der Waals surface area contributed by atoms with Gasteiger partial charge in [-0.3, -0.25) is 0 Å². The number of anilines is 1. The summed E-state index contributed by atoms with van der Waals surface area (Å²) >= 11 is 0. The lowest BCUT2D eigenvalue weighted by Crippen LogP contribution is -2.25. The van der Waals surface area contributed by atoms with Crippen molar-refractivity contribution >= 4 is 5.69 Å². The topological polar surface area (TPSA) is 3.24 Å². The molecule has 0 aromatic heterocycles. The van der Waals surface area contributed by atoms with Crippen LogP contribution in [0.1, 0.15) is 38.8 Å². The second kappa shape index (κ2) is 3.65. The Balaban J connectivity index is 2.67. The molecular weight excluding hydrogens is 194 g/mol. The van der Waals surface area contributed by atoms with Gasteiger partial charge in [-0.1, -0.05) is 37.6 Å². The Morgan fingerprint density at radius 3 is 2.56 bits per heavy atom. The van der Waals surface area contributed by atoms with E-state index in [1.165, 1.54) is 22.5 Å². The van der Waals surface area contributed by atoms with Gasteiger partial charge >= 0.3 is 0 Å². The first-order chi connectivity index (χ1) is 7.52. The summed E-state index contributed by atoms with van der Waals surface area (Å²) in [7, 11) is 0. The monoisotopic (exact) mass is 215 g/mol.